The van der Waals surface area contributed by atoms with Crippen molar-refractivity contribution < 1.29 is 0 Å². The largest absolute Gasteiger partial charge is 0.117 e. The zero-order valence-corrected chi connectivity index (χ0v) is 11.5. The number of hydrogen-bond donors (Lipinski definition) is 0. The van der Waals surface area contributed by atoms with Crippen LogP contribution in [0.15, 0.2) is 6.07 Å². The molecule has 1 heterocycles. The molecular weight excluding hydrogens is 259 g/mol. The molecule has 0 saturated heterocycles. The third-order valence-electron chi connectivity index (χ3n) is 2.55. The fraction of sp³-hybridized carbons (Fsp3) is 0.600. The molecule has 0 aliphatic heterocycles. The minimum Gasteiger partial charge on any atom is -0.117 e. The molecule has 1 aromatic rings. The molecule has 0 bridgehead atoms. The molecule has 0 aliphatic carbocycles. The van der Waals surface area contributed by atoms with Crippen LogP contribution in [0.3, 0.4) is 0 Å². The Morgan fingerprint density at radius 3 is 2.36 bits per heavy atom. The second kappa shape index (κ2) is 4.61. The molecule has 4 heteroatoms. The van der Waals surface area contributed by atoms with Gasteiger partial charge in [-0.1, -0.05) is 44.0 Å². The third-order valence-corrected chi connectivity index (χ3v) is 4.90. The van der Waals surface area contributed by atoms with Gasteiger partial charge < -0.3 is 0 Å². The van der Waals surface area contributed by atoms with Gasteiger partial charge in [0.05, 0.1) is 14.0 Å². The highest BCUT2D eigenvalue weighted by Gasteiger charge is 2.29. The predicted octanol–water partition coefficient (Wildman–Crippen LogP) is 5.77. The van der Waals surface area contributed by atoms with Gasteiger partial charge in [-0.05, 0) is 17.9 Å². The highest BCUT2D eigenvalue weighted by atomic mass is 35.5. The van der Waals surface area contributed by atoms with Crippen molar-refractivity contribution in [3.8, 4) is 0 Å². The lowest BCUT2D eigenvalue weighted by molar-refractivity contribution is 0.337. The summed E-state index contributed by atoms with van der Waals surface area (Å²) in [5.74, 6) is 0. The smallest absolute Gasteiger partial charge is 0.0991 e. The number of halogens is 3. The van der Waals surface area contributed by atoms with Crippen LogP contribution >= 0.6 is 46.1 Å². The second-order valence-electron chi connectivity index (χ2n) is 3.98. The molecule has 1 unspecified atom stereocenters. The van der Waals surface area contributed by atoms with Crippen molar-refractivity contribution in [3.05, 3.63) is 20.3 Å². The van der Waals surface area contributed by atoms with Crippen LogP contribution in [-0.4, -0.2) is 0 Å². The van der Waals surface area contributed by atoms with E-state index in [9.17, 15) is 0 Å². The van der Waals surface area contributed by atoms with Crippen molar-refractivity contribution in [2.75, 3.05) is 0 Å². The van der Waals surface area contributed by atoms with Crippen LogP contribution in [0, 0.1) is 5.41 Å². The van der Waals surface area contributed by atoms with Crippen molar-refractivity contribution in [2.45, 2.75) is 32.6 Å². The van der Waals surface area contributed by atoms with Crippen molar-refractivity contribution in [1.29, 1.82) is 0 Å². The number of hydrogen-bond acceptors (Lipinski definition) is 1. The molecule has 1 rings (SSSR count). The number of thiophene rings is 1. The Morgan fingerprint density at radius 1 is 1.43 bits per heavy atom. The highest BCUT2D eigenvalue weighted by molar-refractivity contribution is 7.20. The van der Waals surface area contributed by atoms with E-state index in [2.05, 4.69) is 20.8 Å². The van der Waals surface area contributed by atoms with Gasteiger partial charge in [-0.25, -0.2) is 0 Å². The highest BCUT2D eigenvalue weighted by Crippen LogP contribution is 2.47. The lowest BCUT2D eigenvalue weighted by atomic mass is 9.83. The van der Waals surface area contributed by atoms with E-state index in [1.54, 1.807) is 0 Å². The van der Waals surface area contributed by atoms with Crippen LogP contribution in [0.25, 0.3) is 0 Å². The van der Waals surface area contributed by atoms with Crippen molar-refractivity contribution in [3.63, 3.8) is 0 Å². The van der Waals surface area contributed by atoms with Crippen LogP contribution in [0.2, 0.25) is 8.67 Å². The SMILES string of the molecule is CCC(C)(C)C(Cl)c1cc(Cl)sc1Cl. The molecule has 80 valence electrons. The van der Waals surface area contributed by atoms with Crippen molar-refractivity contribution in [1.82, 2.24) is 0 Å². The van der Waals surface area contributed by atoms with E-state index in [0.29, 0.717) is 8.67 Å². The van der Waals surface area contributed by atoms with Crippen LogP contribution in [-0.2, 0) is 0 Å². The Hall–Kier alpha value is 0.570. The Morgan fingerprint density at radius 2 is 2.00 bits per heavy atom. The first-order valence-corrected chi connectivity index (χ1v) is 6.48. The van der Waals surface area contributed by atoms with E-state index >= 15 is 0 Å². The predicted molar refractivity (Wildman–Crippen MR) is 67.0 cm³/mol. The van der Waals surface area contributed by atoms with Gasteiger partial charge in [0, 0.05) is 5.56 Å². The molecule has 0 spiro atoms. The maximum Gasteiger partial charge on any atom is 0.0991 e. The van der Waals surface area contributed by atoms with Gasteiger partial charge in [0.25, 0.3) is 0 Å². The maximum atomic E-state index is 6.38. The summed E-state index contributed by atoms with van der Waals surface area (Å²) in [6, 6.07) is 1.86. The van der Waals surface area contributed by atoms with Crippen LogP contribution < -0.4 is 0 Å². The molecular formula is C10H13Cl3S. The zero-order chi connectivity index (χ0) is 10.9. The molecule has 1 atom stereocenters. The van der Waals surface area contributed by atoms with Gasteiger partial charge in [-0.2, -0.15) is 0 Å². The Labute approximate surface area is 104 Å². The van der Waals surface area contributed by atoms with E-state index in [0.717, 1.165) is 12.0 Å². The molecule has 0 aliphatic rings. The first-order valence-electron chi connectivity index (χ1n) is 4.47. The standard InChI is InChI=1S/C10H13Cl3S/c1-4-10(2,3)8(12)6-5-7(11)14-9(6)13/h5,8H,4H2,1-3H3. The quantitative estimate of drug-likeness (QED) is 0.612. The van der Waals surface area contributed by atoms with E-state index < -0.39 is 0 Å². The molecule has 0 nitrogen and oxygen atoms in total. The third kappa shape index (κ3) is 2.57. The Bertz CT molecular complexity index is 317. The summed E-state index contributed by atoms with van der Waals surface area (Å²) < 4.78 is 1.40. The summed E-state index contributed by atoms with van der Waals surface area (Å²) in [5, 5.41) is -0.0799. The molecule has 0 aromatic carbocycles. The van der Waals surface area contributed by atoms with Gasteiger partial charge in [-0.15, -0.1) is 22.9 Å². The van der Waals surface area contributed by atoms with E-state index in [4.69, 9.17) is 34.8 Å². The summed E-state index contributed by atoms with van der Waals surface area (Å²) in [7, 11) is 0. The normalized spacial score (nSPS) is 14.4. The van der Waals surface area contributed by atoms with Crippen LogP contribution in [0.1, 0.15) is 38.1 Å². The fourth-order valence-electron chi connectivity index (χ4n) is 1.13. The minimum absolute atomic E-state index is 0.0373. The molecule has 1 aromatic heterocycles. The number of alkyl halides is 1. The molecule has 0 N–H and O–H groups in total. The van der Waals surface area contributed by atoms with E-state index in [1.807, 2.05) is 6.07 Å². The zero-order valence-electron chi connectivity index (χ0n) is 8.40. The summed E-state index contributed by atoms with van der Waals surface area (Å²) in [6.07, 6.45) is 1.00. The second-order valence-corrected chi connectivity index (χ2v) is 6.71. The van der Waals surface area contributed by atoms with E-state index in [-0.39, 0.29) is 10.8 Å². The fourth-order valence-corrected chi connectivity index (χ4v) is 3.11. The Balaban J connectivity index is 3.00. The minimum atomic E-state index is -0.0799. The van der Waals surface area contributed by atoms with Crippen LogP contribution in [0.5, 0.6) is 0 Å². The molecule has 0 radical (unpaired) electrons. The maximum absolute atomic E-state index is 6.38. The monoisotopic (exact) mass is 270 g/mol. The molecule has 0 amide bonds. The topological polar surface area (TPSA) is 0 Å². The van der Waals surface area contributed by atoms with Gasteiger partial charge in [-0.3, -0.25) is 0 Å². The summed E-state index contributed by atoms with van der Waals surface area (Å²) >= 11 is 19.7. The molecule has 0 saturated carbocycles. The average Bonchev–Trinajstić information content (AvgIpc) is 2.44. The number of rotatable bonds is 3. The van der Waals surface area contributed by atoms with E-state index in [1.165, 1.54) is 11.3 Å². The van der Waals surface area contributed by atoms with Gasteiger partial charge in [0.15, 0.2) is 0 Å². The average molecular weight is 272 g/mol. The first-order chi connectivity index (χ1) is 6.38. The summed E-state index contributed by atoms with van der Waals surface area (Å²) in [4.78, 5) is 0. The van der Waals surface area contributed by atoms with Crippen molar-refractivity contribution in [2.24, 2.45) is 5.41 Å². The summed E-state index contributed by atoms with van der Waals surface area (Å²) in [5.41, 5.74) is 0.991. The molecule has 0 fully saturated rings. The molecule has 14 heavy (non-hydrogen) atoms. The van der Waals surface area contributed by atoms with Gasteiger partial charge in [0.1, 0.15) is 0 Å². The van der Waals surface area contributed by atoms with Gasteiger partial charge >= 0.3 is 0 Å². The van der Waals surface area contributed by atoms with Crippen LogP contribution in [0.4, 0.5) is 0 Å². The first kappa shape index (κ1) is 12.6. The lowest BCUT2D eigenvalue weighted by Gasteiger charge is -2.28. The lowest BCUT2D eigenvalue weighted by Crippen LogP contribution is -2.16. The van der Waals surface area contributed by atoms with Gasteiger partial charge in [0.2, 0.25) is 0 Å². The summed E-state index contributed by atoms with van der Waals surface area (Å²) in [6.45, 7) is 6.39. The van der Waals surface area contributed by atoms with Crippen molar-refractivity contribution >= 4 is 46.1 Å². The Kier molecular flexibility index (Phi) is 4.16.